The minimum absolute atomic E-state index is 0.153. The Bertz CT molecular complexity index is 1210. The summed E-state index contributed by atoms with van der Waals surface area (Å²) < 4.78 is 91.6. The van der Waals surface area contributed by atoms with Crippen LogP contribution >= 0.6 is 11.3 Å². The zero-order valence-electron chi connectivity index (χ0n) is 14.9. The van der Waals surface area contributed by atoms with E-state index in [-0.39, 0.29) is 21.5 Å². The van der Waals surface area contributed by atoms with Gasteiger partial charge in [-0.2, -0.15) is 13.2 Å². The van der Waals surface area contributed by atoms with E-state index in [1.165, 1.54) is 18.3 Å². The first-order valence-electron chi connectivity index (χ1n) is 8.15. The summed E-state index contributed by atoms with van der Waals surface area (Å²) in [5.41, 5.74) is -0.504. The van der Waals surface area contributed by atoms with E-state index in [1.807, 2.05) is 0 Å². The number of alkyl halides is 3. The van der Waals surface area contributed by atoms with E-state index in [0.717, 1.165) is 47.7 Å². The van der Waals surface area contributed by atoms with Crippen molar-refractivity contribution in [2.75, 3.05) is 4.72 Å². The van der Waals surface area contributed by atoms with Gasteiger partial charge in [0.25, 0.3) is 10.0 Å². The Morgan fingerprint density at radius 3 is 1.93 bits per heavy atom. The van der Waals surface area contributed by atoms with Crippen LogP contribution in [0.3, 0.4) is 0 Å². The molecule has 0 aliphatic carbocycles. The standard InChI is InChI=1S/C17H14F3N3O4S3/c18-17(19,20)13-3-1-12(2-4-13)11-22-29(24,25)14-5-7-15(8-6-14)30(26,27)23-16-21-9-10-28-16/h1-10,22H,11H2,(H,21,23). The fourth-order valence-corrected chi connectivity index (χ4v) is 5.13. The summed E-state index contributed by atoms with van der Waals surface area (Å²) in [7, 11) is -7.93. The number of nitrogens with one attached hydrogen (secondary N) is 2. The summed E-state index contributed by atoms with van der Waals surface area (Å²) in [6.45, 7) is -0.230. The third kappa shape index (κ3) is 5.36. The summed E-state index contributed by atoms with van der Waals surface area (Å²) in [6, 6.07) is 8.55. The molecule has 0 aliphatic rings. The quantitative estimate of drug-likeness (QED) is 0.542. The summed E-state index contributed by atoms with van der Waals surface area (Å²) >= 11 is 1.09. The average molecular weight is 478 g/mol. The Hall–Kier alpha value is -2.48. The first kappa shape index (κ1) is 22.2. The highest BCUT2D eigenvalue weighted by molar-refractivity contribution is 7.93. The predicted octanol–water partition coefficient (Wildman–Crippen LogP) is 3.44. The van der Waals surface area contributed by atoms with Gasteiger partial charge in [0.15, 0.2) is 5.13 Å². The van der Waals surface area contributed by atoms with Gasteiger partial charge >= 0.3 is 6.18 Å². The van der Waals surface area contributed by atoms with Crippen LogP contribution in [0.25, 0.3) is 0 Å². The van der Waals surface area contributed by atoms with Gasteiger partial charge in [0, 0.05) is 18.1 Å². The molecule has 0 fully saturated rings. The topological polar surface area (TPSA) is 105 Å². The third-order valence-corrected chi connectivity index (χ3v) is 7.44. The summed E-state index contributed by atoms with van der Waals surface area (Å²) in [5.74, 6) is 0. The zero-order valence-corrected chi connectivity index (χ0v) is 17.4. The predicted molar refractivity (Wildman–Crippen MR) is 105 cm³/mol. The number of sulfonamides is 2. The largest absolute Gasteiger partial charge is 0.416 e. The van der Waals surface area contributed by atoms with Crippen LogP contribution in [-0.2, 0) is 32.8 Å². The Morgan fingerprint density at radius 2 is 1.43 bits per heavy atom. The number of aromatic nitrogens is 1. The molecule has 0 amide bonds. The van der Waals surface area contributed by atoms with Crippen molar-refractivity contribution in [1.82, 2.24) is 9.71 Å². The van der Waals surface area contributed by atoms with Crippen molar-refractivity contribution in [1.29, 1.82) is 0 Å². The van der Waals surface area contributed by atoms with Gasteiger partial charge in [-0.15, -0.1) is 11.3 Å². The van der Waals surface area contributed by atoms with Crippen molar-refractivity contribution in [2.24, 2.45) is 0 Å². The molecule has 30 heavy (non-hydrogen) atoms. The molecule has 2 aromatic carbocycles. The number of hydrogen-bond donors (Lipinski definition) is 2. The lowest BCUT2D eigenvalue weighted by Gasteiger charge is -2.10. The summed E-state index contributed by atoms with van der Waals surface area (Å²) in [4.78, 5) is 3.47. The van der Waals surface area contributed by atoms with Gasteiger partial charge in [0.1, 0.15) is 0 Å². The second-order valence-corrected chi connectivity index (χ2v) is 10.3. The van der Waals surface area contributed by atoms with E-state index < -0.39 is 31.8 Å². The monoisotopic (exact) mass is 477 g/mol. The van der Waals surface area contributed by atoms with Crippen LogP contribution in [0.1, 0.15) is 11.1 Å². The summed E-state index contributed by atoms with van der Waals surface area (Å²) in [5, 5.41) is 1.76. The Labute approximate surface area is 174 Å². The number of nitrogens with zero attached hydrogens (tertiary/aromatic N) is 1. The maximum atomic E-state index is 12.6. The first-order chi connectivity index (χ1) is 14.0. The van der Waals surface area contributed by atoms with Crippen LogP contribution in [0.2, 0.25) is 0 Å². The van der Waals surface area contributed by atoms with Crippen molar-refractivity contribution in [3.05, 3.63) is 71.2 Å². The highest BCUT2D eigenvalue weighted by atomic mass is 32.2. The fourth-order valence-electron chi connectivity index (χ4n) is 2.32. The highest BCUT2D eigenvalue weighted by Gasteiger charge is 2.30. The molecule has 13 heteroatoms. The lowest BCUT2D eigenvalue weighted by Crippen LogP contribution is -2.23. The molecule has 3 rings (SSSR count). The molecule has 1 heterocycles. The second kappa shape index (κ2) is 8.34. The molecule has 0 aliphatic heterocycles. The number of benzene rings is 2. The van der Waals surface area contributed by atoms with Crippen molar-refractivity contribution in [2.45, 2.75) is 22.5 Å². The molecule has 0 unspecified atom stereocenters. The van der Waals surface area contributed by atoms with Crippen molar-refractivity contribution in [3.8, 4) is 0 Å². The Kier molecular flexibility index (Phi) is 6.17. The number of thiazole rings is 1. The normalized spacial score (nSPS) is 12.6. The van der Waals surface area contributed by atoms with Gasteiger partial charge in [-0.05, 0) is 42.0 Å². The maximum absolute atomic E-state index is 12.6. The van der Waals surface area contributed by atoms with Crippen LogP contribution in [0.4, 0.5) is 18.3 Å². The molecule has 0 spiro atoms. The van der Waals surface area contributed by atoms with Crippen LogP contribution in [0.15, 0.2) is 69.9 Å². The fraction of sp³-hybridized carbons (Fsp3) is 0.118. The van der Waals surface area contributed by atoms with Gasteiger partial charge < -0.3 is 0 Å². The molecule has 160 valence electrons. The number of halogens is 3. The second-order valence-electron chi connectivity index (χ2n) is 5.93. The minimum atomic E-state index is -4.48. The lowest BCUT2D eigenvalue weighted by molar-refractivity contribution is -0.137. The van der Waals surface area contributed by atoms with Crippen molar-refractivity contribution >= 4 is 36.5 Å². The smallest absolute Gasteiger partial charge is 0.255 e. The number of anilines is 1. The molecule has 7 nitrogen and oxygen atoms in total. The van der Waals surface area contributed by atoms with Crippen LogP contribution in [0.5, 0.6) is 0 Å². The molecule has 1 aromatic heterocycles. The van der Waals surface area contributed by atoms with Gasteiger partial charge in [-0.1, -0.05) is 12.1 Å². The Balaban J connectivity index is 1.69. The van der Waals surface area contributed by atoms with Crippen molar-refractivity contribution in [3.63, 3.8) is 0 Å². The van der Waals surface area contributed by atoms with E-state index in [4.69, 9.17) is 0 Å². The number of hydrogen-bond acceptors (Lipinski definition) is 6. The average Bonchev–Trinajstić information content (AvgIpc) is 3.18. The van der Waals surface area contributed by atoms with E-state index in [0.29, 0.717) is 5.56 Å². The zero-order chi connectivity index (χ0) is 22.0. The number of rotatable bonds is 7. The highest BCUT2D eigenvalue weighted by Crippen LogP contribution is 2.29. The van der Waals surface area contributed by atoms with Gasteiger partial charge in [-0.3, -0.25) is 4.72 Å². The Morgan fingerprint density at radius 1 is 0.867 bits per heavy atom. The van der Waals surface area contributed by atoms with E-state index >= 15 is 0 Å². The van der Waals surface area contributed by atoms with Gasteiger partial charge in [-0.25, -0.2) is 26.5 Å². The lowest BCUT2D eigenvalue weighted by atomic mass is 10.1. The molecule has 0 saturated carbocycles. The molecule has 2 N–H and O–H groups in total. The maximum Gasteiger partial charge on any atom is 0.416 e. The van der Waals surface area contributed by atoms with Crippen LogP contribution in [0, 0.1) is 0 Å². The molecular weight excluding hydrogens is 463 g/mol. The molecule has 0 bridgehead atoms. The third-order valence-electron chi connectivity index (χ3n) is 3.85. The van der Waals surface area contributed by atoms with E-state index in [1.54, 1.807) is 5.38 Å². The van der Waals surface area contributed by atoms with Crippen LogP contribution in [-0.4, -0.2) is 21.8 Å². The van der Waals surface area contributed by atoms with E-state index in [2.05, 4.69) is 14.4 Å². The van der Waals surface area contributed by atoms with E-state index in [9.17, 15) is 30.0 Å². The molecule has 3 aromatic rings. The van der Waals surface area contributed by atoms with Gasteiger partial charge in [0.05, 0.1) is 15.4 Å². The summed E-state index contributed by atoms with van der Waals surface area (Å²) in [6.07, 6.45) is -3.05. The molecule has 0 atom stereocenters. The SMILES string of the molecule is O=S(=O)(NCc1ccc(C(F)(F)F)cc1)c1ccc(S(=O)(=O)Nc2nccs2)cc1. The van der Waals surface area contributed by atoms with Gasteiger partial charge in [0.2, 0.25) is 10.0 Å². The van der Waals surface area contributed by atoms with Crippen molar-refractivity contribution < 1.29 is 30.0 Å². The molecular formula is C17H14F3N3O4S3. The molecule has 0 radical (unpaired) electrons. The first-order valence-corrected chi connectivity index (χ1v) is 12.0. The molecule has 0 saturated heterocycles. The minimum Gasteiger partial charge on any atom is -0.255 e. The van der Waals surface area contributed by atoms with Crippen LogP contribution < -0.4 is 9.44 Å².